The minimum Gasteiger partial charge on any atom is -0.361 e. The Labute approximate surface area is 122 Å². The molecule has 1 aromatic heterocycles. The highest BCUT2D eigenvalue weighted by Crippen LogP contribution is 2.12. The molecule has 2 aromatic rings. The van der Waals surface area contributed by atoms with Crippen LogP contribution in [-0.2, 0) is 13.1 Å². The zero-order valence-electron chi connectivity index (χ0n) is 13.1. The molecule has 0 aliphatic carbocycles. The van der Waals surface area contributed by atoms with Crippen LogP contribution in [0.25, 0.3) is 0 Å². The van der Waals surface area contributed by atoms with Crippen LogP contribution in [0.5, 0.6) is 0 Å². The molecule has 0 saturated heterocycles. The average molecular weight is 288 g/mol. The summed E-state index contributed by atoms with van der Waals surface area (Å²) in [4.78, 5) is 0. The van der Waals surface area contributed by atoms with Crippen molar-refractivity contribution < 1.29 is 4.52 Å². The van der Waals surface area contributed by atoms with Gasteiger partial charge in [-0.25, -0.2) is 0 Å². The standard InChI is InChI=1S/C16H24N2OSi/c1-12-16(13(2)19-18-12)11-17-10-14-6-8-15(9-7-14)20(3,4)5/h6-9,17H,10-11H2,1-5H3. The Balaban J connectivity index is 1.92. The molecular weight excluding hydrogens is 264 g/mol. The summed E-state index contributed by atoms with van der Waals surface area (Å²) in [6.07, 6.45) is 0. The molecule has 0 amide bonds. The third kappa shape index (κ3) is 3.58. The summed E-state index contributed by atoms with van der Waals surface area (Å²) in [7, 11) is -1.19. The van der Waals surface area contributed by atoms with E-state index in [4.69, 9.17) is 4.52 Å². The van der Waals surface area contributed by atoms with Gasteiger partial charge in [0, 0.05) is 18.7 Å². The van der Waals surface area contributed by atoms with E-state index in [1.807, 2.05) is 13.8 Å². The zero-order valence-corrected chi connectivity index (χ0v) is 14.1. The fourth-order valence-electron chi connectivity index (χ4n) is 2.21. The van der Waals surface area contributed by atoms with Crippen molar-refractivity contribution in [2.75, 3.05) is 0 Å². The number of hydrogen-bond acceptors (Lipinski definition) is 3. The molecule has 0 spiro atoms. The molecular formula is C16H24N2OSi. The predicted molar refractivity (Wildman–Crippen MR) is 85.9 cm³/mol. The van der Waals surface area contributed by atoms with Gasteiger partial charge in [0.25, 0.3) is 0 Å². The molecule has 0 fully saturated rings. The quantitative estimate of drug-likeness (QED) is 0.859. The van der Waals surface area contributed by atoms with Gasteiger partial charge >= 0.3 is 0 Å². The van der Waals surface area contributed by atoms with Gasteiger partial charge in [0.2, 0.25) is 0 Å². The van der Waals surface area contributed by atoms with Crippen LogP contribution in [0.2, 0.25) is 19.6 Å². The highest BCUT2D eigenvalue weighted by atomic mass is 28.3. The first kappa shape index (κ1) is 15.0. The van der Waals surface area contributed by atoms with E-state index in [0.29, 0.717) is 0 Å². The molecule has 0 unspecified atom stereocenters. The highest BCUT2D eigenvalue weighted by molar-refractivity contribution is 6.88. The number of aromatic nitrogens is 1. The Morgan fingerprint density at radius 1 is 1.05 bits per heavy atom. The lowest BCUT2D eigenvalue weighted by Gasteiger charge is -2.16. The lowest BCUT2D eigenvalue weighted by Crippen LogP contribution is -2.37. The van der Waals surface area contributed by atoms with Crippen molar-refractivity contribution in [2.24, 2.45) is 0 Å². The van der Waals surface area contributed by atoms with Gasteiger partial charge < -0.3 is 9.84 Å². The van der Waals surface area contributed by atoms with E-state index in [2.05, 4.69) is 54.4 Å². The molecule has 0 aliphatic heterocycles. The maximum Gasteiger partial charge on any atom is 0.138 e. The van der Waals surface area contributed by atoms with E-state index in [9.17, 15) is 0 Å². The number of aryl methyl sites for hydroxylation is 2. The predicted octanol–water partition coefficient (Wildman–Crippen LogP) is 3.13. The second-order valence-electron chi connectivity index (χ2n) is 6.35. The van der Waals surface area contributed by atoms with Gasteiger partial charge in [-0.05, 0) is 19.4 Å². The highest BCUT2D eigenvalue weighted by Gasteiger charge is 2.15. The van der Waals surface area contributed by atoms with E-state index in [0.717, 1.165) is 24.5 Å². The SMILES string of the molecule is Cc1noc(C)c1CNCc1ccc([Si](C)(C)C)cc1. The third-order valence-electron chi connectivity index (χ3n) is 3.63. The van der Waals surface area contributed by atoms with E-state index in [1.165, 1.54) is 16.3 Å². The topological polar surface area (TPSA) is 38.1 Å². The molecule has 1 heterocycles. The Kier molecular flexibility index (Phi) is 4.45. The zero-order chi connectivity index (χ0) is 14.8. The van der Waals surface area contributed by atoms with Gasteiger partial charge in [-0.1, -0.05) is 54.2 Å². The molecule has 3 nitrogen and oxygen atoms in total. The largest absolute Gasteiger partial charge is 0.361 e. The molecule has 20 heavy (non-hydrogen) atoms. The number of rotatable bonds is 5. The maximum absolute atomic E-state index is 5.17. The molecule has 0 aliphatic rings. The first-order chi connectivity index (χ1) is 9.38. The summed E-state index contributed by atoms with van der Waals surface area (Å²) in [5.41, 5.74) is 3.46. The average Bonchev–Trinajstić information content (AvgIpc) is 2.70. The van der Waals surface area contributed by atoms with Crippen LogP contribution in [0.3, 0.4) is 0 Å². The molecule has 4 heteroatoms. The Morgan fingerprint density at radius 3 is 2.20 bits per heavy atom. The van der Waals surface area contributed by atoms with Crippen molar-refractivity contribution in [1.82, 2.24) is 10.5 Å². The Bertz CT molecular complexity index is 548. The van der Waals surface area contributed by atoms with Gasteiger partial charge in [-0.15, -0.1) is 0 Å². The van der Waals surface area contributed by atoms with E-state index in [-0.39, 0.29) is 0 Å². The normalized spacial score (nSPS) is 11.8. The lowest BCUT2D eigenvalue weighted by molar-refractivity contribution is 0.392. The van der Waals surface area contributed by atoms with Crippen LogP contribution >= 0.6 is 0 Å². The van der Waals surface area contributed by atoms with E-state index < -0.39 is 8.07 Å². The number of nitrogens with zero attached hydrogens (tertiary/aromatic N) is 1. The number of benzene rings is 1. The molecule has 0 saturated carbocycles. The smallest absolute Gasteiger partial charge is 0.138 e. The molecule has 0 bridgehead atoms. The summed E-state index contributed by atoms with van der Waals surface area (Å²) >= 11 is 0. The van der Waals surface area contributed by atoms with E-state index >= 15 is 0 Å². The van der Waals surface area contributed by atoms with Gasteiger partial charge in [0.1, 0.15) is 5.76 Å². The minimum atomic E-state index is -1.19. The summed E-state index contributed by atoms with van der Waals surface area (Å²) in [5.74, 6) is 0.907. The maximum atomic E-state index is 5.17. The summed E-state index contributed by atoms with van der Waals surface area (Å²) in [6, 6.07) is 9.01. The lowest BCUT2D eigenvalue weighted by atomic mass is 10.2. The first-order valence-corrected chi connectivity index (χ1v) is 10.6. The van der Waals surface area contributed by atoms with E-state index in [1.54, 1.807) is 0 Å². The molecule has 1 N–H and O–H groups in total. The Morgan fingerprint density at radius 2 is 1.70 bits per heavy atom. The Hall–Kier alpha value is -1.39. The number of nitrogens with one attached hydrogen (secondary N) is 1. The van der Waals surface area contributed by atoms with Crippen LogP contribution in [0, 0.1) is 13.8 Å². The van der Waals surface area contributed by atoms with Crippen molar-refractivity contribution >= 4 is 13.3 Å². The van der Waals surface area contributed by atoms with Gasteiger partial charge in [-0.2, -0.15) is 0 Å². The monoisotopic (exact) mass is 288 g/mol. The molecule has 0 atom stereocenters. The van der Waals surface area contributed by atoms with Gasteiger partial charge in [0.05, 0.1) is 13.8 Å². The fraction of sp³-hybridized carbons (Fsp3) is 0.438. The molecule has 2 rings (SSSR count). The van der Waals surface area contributed by atoms with Gasteiger partial charge in [0.15, 0.2) is 0 Å². The summed E-state index contributed by atoms with van der Waals surface area (Å²) in [6.45, 7) is 12.7. The van der Waals surface area contributed by atoms with Crippen molar-refractivity contribution in [1.29, 1.82) is 0 Å². The van der Waals surface area contributed by atoms with Crippen LogP contribution in [0.15, 0.2) is 28.8 Å². The summed E-state index contributed by atoms with van der Waals surface area (Å²) < 4.78 is 5.17. The second-order valence-corrected chi connectivity index (χ2v) is 11.4. The van der Waals surface area contributed by atoms with Crippen LogP contribution < -0.4 is 10.5 Å². The third-order valence-corrected chi connectivity index (χ3v) is 5.70. The van der Waals surface area contributed by atoms with Gasteiger partial charge in [-0.3, -0.25) is 0 Å². The van der Waals surface area contributed by atoms with Crippen LogP contribution in [0.4, 0.5) is 0 Å². The number of hydrogen-bond donors (Lipinski definition) is 1. The second kappa shape index (κ2) is 5.93. The van der Waals surface area contributed by atoms with Crippen molar-refractivity contribution in [2.45, 2.75) is 46.6 Å². The molecule has 108 valence electrons. The molecule has 0 radical (unpaired) electrons. The van der Waals surface area contributed by atoms with Crippen LogP contribution in [-0.4, -0.2) is 13.2 Å². The van der Waals surface area contributed by atoms with Crippen molar-refractivity contribution in [3.8, 4) is 0 Å². The first-order valence-electron chi connectivity index (χ1n) is 7.10. The molecule has 1 aromatic carbocycles. The van der Waals surface area contributed by atoms with Crippen molar-refractivity contribution in [3.05, 3.63) is 46.8 Å². The fourth-order valence-corrected chi connectivity index (χ4v) is 3.38. The minimum absolute atomic E-state index is 0.803. The summed E-state index contributed by atoms with van der Waals surface area (Å²) in [5, 5.41) is 8.93. The van der Waals surface area contributed by atoms with Crippen LogP contribution in [0.1, 0.15) is 22.6 Å². The van der Waals surface area contributed by atoms with Crippen molar-refractivity contribution in [3.63, 3.8) is 0 Å².